The van der Waals surface area contributed by atoms with Crippen molar-refractivity contribution in [3.05, 3.63) is 65.7 Å². The molecule has 2 aromatic carbocycles. The van der Waals surface area contributed by atoms with Crippen LogP contribution >= 0.6 is 0 Å². The van der Waals surface area contributed by atoms with Crippen LogP contribution in [0.5, 0.6) is 5.75 Å². The molecule has 1 saturated heterocycles. The first-order valence-corrected chi connectivity index (χ1v) is 8.83. The van der Waals surface area contributed by atoms with Crippen molar-refractivity contribution in [2.75, 3.05) is 0 Å². The monoisotopic (exact) mass is 316 g/mol. The molecule has 0 unspecified atom stereocenters. The summed E-state index contributed by atoms with van der Waals surface area (Å²) in [6.45, 7) is 0. The van der Waals surface area contributed by atoms with Gasteiger partial charge in [0.05, 0.1) is 6.07 Å². The number of hydrogen-bond donors (Lipinski definition) is 1. The Labute approximate surface area is 142 Å². The molecule has 3 heteroatoms. The second-order valence-corrected chi connectivity index (χ2v) is 7.22. The molecule has 5 rings (SSSR count). The van der Waals surface area contributed by atoms with Crippen molar-refractivity contribution < 1.29 is 4.74 Å². The van der Waals surface area contributed by atoms with Gasteiger partial charge < -0.3 is 4.74 Å². The maximum Gasteiger partial charge on any atom is 0.136 e. The van der Waals surface area contributed by atoms with Crippen molar-refractivity contribution in [2.24, 2.45) is 11.8 Å². The minimum Gasteiger partial charge on any atom is -0.490 e. The van der Waals surface area contributed by atoms with E-state index >= 15 is 0 Å². The zero-order valence-corrected chi connectivity index (χ0v) is 13.5. The Morgan fingerprint density at radius 1 is 1.04 bits per heavy atom. The minimum atomic E-state index is -0.615. The van der Waals surface area contributed by atoms with Crippen LogP contribution in [0.15, 0.2) is 54.6 Å². The Hall–Kier alpha value is -2.31. The molecule has 3 aliphatic rings. The molecular formula is C21H20N2O. The molecule has 0 bridgehead atoms. The van der Waals surface area contributed by atoms with Gasteiger partial charge in [-0.15, -0.1) is 0 Å². The Morgan fingerprint density at radius 3 is 2.67 bits per heavy atom. The smallest absolute Gasteiger partial charge is 0.136 e. The minimum absolute atomic E-state index is 0.199. The fourth-order valence-corrected chi connectivity index (χ4v) is 5.19. The van der Waals surface area contributed by atoms with Gasteiger partial charge in [0, 0.05) is 23.4 Å². The number of nitrogens with one attached hydrogen (secondary N) is 1. The van der Waals surface area contributed by atoms with Crippen LogP contribution in [0.25, 0.3) is 0 Å². The predicted octanol–water partition coefficient (Wildman–Crippen LogP) is 3.93. The van der Waals surface area contributed by atoms with Gasteiger partial charge in [0.15, 0.2) is 0 Å². The maximum atomic E-state index is 10.2. The summed E-state index contributed by atoms with van der Waals surface area (Å²) in [4.78, 5) is 0. The molecule has 1 saturated carbocycles. The molecule has 0 amide bonds. The first kappa shape index (κ1) is 14.1. The molecule has 120 valence electrons. The fraction of sp³-hybridized carbons (Fsp3) is 0.381. The van der Waals surface area contributed by atoms with E-state index in [-0.39, 0.29) is 12.1 Å². The summed E-state index contributed by atoms with van der Waals surface area (Å²) < 4.78 is 6.34. The largest absolute Gasteiger partial charge is 0.490 e. The Morgan fingerprint density at radius 2 is 1.83 bits per heavy atom. The quantitative estimate of drug-likeness (QED) is 0.867. The second kappa shape index (κ2) is 5.09. The van der Waals surface area contributed by atoms with E-state index in [2.05, 4.69) is 41.7 Å². The van der Waals surface area contributed by atoms with Gasteiger partial charge >= 0.3 is 0 Å². The van der Waals surface area contributed by atoms with Gasteiger partial charge in [0.2, 0.25) is 0 Å². The summed E-state index contributed by atoms with van der Waals surface area (Å²) >= 11 is 0. The lowest BCUT2D eigenvalue weighted by Crippen LogP contribution is -2.44. The van der Waals surface area contributed by atoms with Gasteiger partial charge in [-0.05, 0) is 30.9 Å². The average Bonchev–Trinajstić information content (AvgIpc) is 3.00. The van der Waals surface area contributed by atoms with Crippen LogP contribution in [0, 0.1) is 23.2 Å². The van der Waals surface area contributed by atoms with Gasteiger partial charge in [0.1, 0.15) is 17.4 Å². The highest BCUT2D eigenvalue weighted by Crippen LogP contribution is 2.57. The van der Waals surface area contributed by atoms with E-state index < -0.39 is 5.54 Å². The number of benzene rings is 2. The molecule has 1 N–H and O–H groups in total. The van der Waals surface area contributed by atoms with Crippen molar-refractivity contribution in [3.8, 4) is 11.8 Å². The van der Waals surface area contributed by atoms with E-state index in [1.54, 1.807) is 0 Å². The summed E-state index contributed by atoms with van der Waals surface area (Å²) in [6, 6.07) is 21.4. The normalized spacial score (nSPS) is 36.1. The lowest BCUT2D eigenvalue weighted by atomic mass is 9.66. The van der Waals surface area contributed by atoms with Crippen molar-refractivity contribution in [3.63, 3.8) is 0 Å². The first-order valence-electron chi connectivity index (χ1n) is 8.83. The molecule has 2 heterocycles. The lowest BCUT2D eigenvalue weighted by Gasteiger charge is -2.42. The third-order valence-corrected chi connectivity index (χ3v) is 6.16. The zero-order valence-electron chi connectivity index (χ0n) is 13.5. The zero-order chi connectivity index (χ0) is 16.1. The number of fused-ring (bicyclic) bond motifs is 2. The number of para-hydroxylation sites is 1. The molecule has 0 aromatic heterocycles. The van der Waals surface area contributed by atoms with Crippen molar-refractivity contribution in [2.45, 2.75) is 36.9 Å². The van der Waals surface area contributed by atoms with E-state index in [9.17, 15) is 5.26 Å². The number of rotatable bonds is 1. The molecule has 2 aromatic rings. The van der Waals surface area contributed by atoms with Gasteiger partial charge in [-0.1, -0.05) is 48.5 Å². The SMILES string of the molecule is N#C[C@]1(c2ccccc2)N[C@H]2c3ccccc3O[C@@H]3CCC[C@H]1[C@H]32. The standard InChI is InChI=1S/C21H20N2O/c22-13-21(14-7-2-1-3-8-14)16-10-6-12-18-19(16)20(23-21)15-9-4-5-11-17(15)24-18/h1-5,7-9,11,16,18-20,23H,6,10,12H2/t16-,18+,19+,20-,21+/m0/s1. The third kappa shape index (κ3) is 1.75. The summed E-state index contributed by atoms with van der Waals surface area (Å²) in [7, 11) is 0. The van der Waals surface area contributed by atoms with Crippen LogP contribution in [0.2, 0.25) is 0 Å². The number of ether oxygens (including phenoxy) is 1. The van der Waals surface area contributed by atoms with E-state index in [4.69, 9.17) is 4.74 Å². The molecule has 5 atom stereocenters. The average molecular weight is 316 g/mol. The number of nitriles is 1. The Bertz CT molecular complexity index is 812. The van der Waals surface area contributed by atoms with Gasteiger partial charge in [-0.2, -0.15) is 5.26 Å². The van der Waals surface area contributed by atoms with Crippen LogP contribution in [0.3, 0.4) is 0 Å². The summed E-state index contributed by atoms with van der Waals surface area (Å²) in [5, 5.41) is 14.0. The highest BCUT2D eigenvalue weighted by atomic mass is 16.5. The van der Waals surface area contributed by atoms with Crippen LogP contribution < -0.4 is 10.1 Å². The van der Waals surface area contributed by atoms with Crippen LogP contribution in [0.4, 0.5) is 0 Å². The van der Waals surface area contributed by atoms with Gasteiger partial charge in [0.25, 0.3) is 0 Å². The van der Waals surface area contributed by atoms with Crippen LogP contribution in [0.1, 0.15) is 36.4 Å². The third-order valence-electron chi connectivity index (χ3n) is 6.16. The number of nitrogens with zero attached hydrogens (tertiary/aromatic N) is 1. The van der Waals surface area contributed by atoms with Crippen molar-refractivity contribution in [1.29, 1.82) is 5.26 Å². The maximum absolute atomic E-state index is 10.2. The van der Waals surface area contributed by atoms with E-state index in [1.165, 1.54) is 5.56 Å². The van der Waals surface area contributed by atoms with Crippen molar-refractivity contribution >= 4 is 0 Å². The highest BCUT2D eigenvalue weighted by Gasteiger charge is 2.60. The molecule has 2 fully saturated rings. The molecule has 3 nitrogen and oxygen atoms in total. The van der Waals surface area contributed by atoms with Gasteiger partial charge in [-0.3, -0.25) is 5.32 Å². The fourth-order valence-electron chi connectivity index (χ4n) is 5.19. The molecule has 0 spiro atoms. The first-order chi connectivity index (χ1) is 11.8. The lowest BCUT2D eigenvalue weighted by molar-refractivity contribution is 0.0347. The molecule has 0 radical (unpaired) electrons. The number of hydrogen-bond acceptors (Lipinski definition) is 3. The summed E-state index contributed by atoms with van der Waals surface area (Å²) in [5.41, 5.74) is 1.68. The Balaban J connectivity index is 1.68. The molecule has 1 aliphatic carbocycles. The predicted molar refractivity (Wildman–Crippen MR) is 91.3 cm³/mol. The second-order valence-electron chi connectivity index (χ2n) is 7.22. The molecular weight excluding hydrogens is 296 g/mol. The highest BCUT2D eigenvalue weighted by molar-refractivity contribution is 5.45. The van der Waals surface area contributed by atoms with Crippen molar-refractivity contribution in [1.82, 2.24) is 5.32 Å². The molecule has 24 heavy (non-hydrogen) atoms. The topological polar surface area (TPSA) is 45.0 Å². The molecule has 2 aliphatic heterocycles. The van der Waals surface area contributed by atoms with Crippen LogP contribution in [-0.4, -0.2) is 6.10 Å². The Kier molecular flexibility index (Phi) is 2.98. The van der Waals surface area contributed by atoms with E-state index in [0.29, 0.717) is 11.8 Å². The van der Waals surface area contributed by atoms with E-state index in [1.807, 2.05) is 24.3 Å². The van der Waals surface area contributed by atoms with E-state index in [0.717, 1.165) is 30.6 Å². The van der Waals surface area contributed by atoms with Gasteiger partial charge in [-0.25, -0.2) is 0 Å². The van der Waals surface area contributed by atoms with Crippen LogP contribution in [-0.2, 0) is 5.54 Å². The summed E-state index contributed by atoms with van der Waals surface area (Å²) in [6.07, 6.45) is 3.51. The summed E-state index contributed by atoms with van der Waals surface area (Å²) in [5.74, 6) is 1.65.